The second-order valence-corrected chi connectivity index (χ2v) is 4.67. The molecule has 1 aliphatic rings. The van der Waals surface area contributed by atoms with Crippen LogP contribution in [-0.4, -0.2) is 48.7 Å². The first-order chi connectivity index (χ1) is 8.10. The van der Waals surface area contributed by atoms with E-state index in [9.17, 15) is 15.0 Å². The zero-order valence-corrected chi connectivity index (χ0v) is 10.4. The van der Waals surface area contributed by atoms with Crippen molar-refractivity contribution in [3.05, 3.63) is 0 Å². The molecule has 100 valence electrons. The van der Waals surface area contributed by atoms with Gasteiger partial charge in [0.2, 0.25) is 0 Å². The fraction of sp³-hybridized carbons (Fsp3) is 0.917. The number of hydrogen-bond donors (Lipinski definition) is 2. The van der Waals surface area contributed by atoms with E-state index in [0.29, 0.717) is 19.6 Å². The van der Waals surface area contributed by atoms with E-state index in [-0.39, 0.29) is 19.6 Å². The summed E-state index contributed by atoms with van der Waals surface area (Å²) in [6.45, 7) is 3.53. The Morgan fingerprint density at radius 1 is 1.59 bits per heavy atom. The van der Waals surface area contributed by atoms with Gasteiger partial charge in [-0.1, -0.05) is 13.3 Å². The number of aliphatic carboxylic acids is 1. The summed E-state index contributed by atoms with van der Waals surface area (Å²) in [7, 11) is 0. The lowest BCUT2D eigenvalue weighted by Gasteiger charge is -2.24. The number of unbranched alkanes of at least 4 members (excludes halogenated alkanes) is 1. The molecule has 0 bridgehead atoms. The second kappa shape index (κ2) is 6.93. The van der Waals surface area contributed by atoms with Crippen LogP contribution in [0.4, 0.5) is 0 Å². The zero-order chi connectivity index (χ0) is 12.7. The van der Waals surface area contributed by atoms with Crippen LogP contribution in [0.5, 0.6) is 0 Å². The SMILES string of the molecule is CCCCOCC(O)CC1(C(=O)O)CCOC1. The Morgan fingerprint density at radius 3 is 2.88 bits per heavy atom. The molecule has 5 nitrogen and oxygen atoms in total. The van der Waals surface area contributed by atoms with E-state index < -0.39 is 17.5 Å². The van der Waals surface area contributed by atoms with Gasteiger partial charge in [0.1, 0.15) is 0 Å². The van der Waals surface area contributed by atoms with Gasteiger partial charge in [0.15, 0.2) is 0 Å². The predicted octanol–water partition coefficient (Wildman–Crippen LogP) is 1.05. The Labute approximate surface area is 102 Å². The van der Waals surface area contributed by atoms with Crippen LogP contribution in [0.3, 0.4) is 0 Å². The maximum absolute atomic E-state index is 11.2. The molecule has 1 rings (SSSR count). The van der Waals surface area contributed by atoms with Gasteiger partial charge in [-0.2, -0.15) is 0 Å². The topological polar surface area (TPSA) is 76.0 Å². The minimum absolute atomic E-state index is 0.189. The molecule has 1 saturated heterocycles. The van der Waals surface area contributed by atoms with E-state index in [1.54, 1.807) is 0 Å². The summed E-state index contributed by atoms with van der Waals surface area (Å²) < 4.78 is 10.4. The third-order valence-corrected chi connectivity index (χ3v) is 3.14. The molecule has 17 heavy (non-hydrogen) atoms. The van der Waals surface area contributed by atoms with Crippen molar-refractivity contribution in [2.45, 2.75) is 38.7 Å². The van der Waals surface area contributed by atoms with Crippen LogP contribution in [0.2, 0.25) is 0 Å². The third kappa shape index (κ3) is 4.26. The summed E-state index contributed by atoms with van der Waals surface area (Å²) in [5.41, 5.74) is -0.923. The first-order valence-corrected chi connectivity index (χ1v) is 6.17. The fourth-order valence-electron chi connectivity index (χ4n) is 2.00. The molecule has 1 aliphatic heterocycles. The molecule has 5 heteroatoms. The van der Waals surface area contributed by atoms with Crippen molar-refractivity contribution >= 4 is 5.97 Å². The third-order valence-electron chi connectivity index (χ3n) is 3.14. The summed E-state index contributed by atoms with van der Waals surface area (Å²) in [6.07, 6.45) is 1.94. The number of aliphatic hydroxyl groups excluding tert-OH is 1. The molecule has 2 atom stereocenters. The molecule has 0 aromatic rings. The molecule has 2 unspecified atom stereocenters. The van der Waals surface area contributed by atoms with E-state index in [0.717, 1.165) is 12.8 Å². The predicted molar refractivity (Wildman–Crippen MR) is 61.9 cm³/mol. The zero-order valence-electron chi connectivity index (χ0n) is 10.4. The molecular weight excluding hydrogens is 224 g/mol. The smallest absolute Gasteiger partial charge is 0.312 e. The maximum atomic E-state index is 11.2. The molecule has 0 aromatic carbocycles. The fourth-order valence-corrected chi connectivity index (χ4v) is 2.00. The maximum Gasteiger partial charge on any atom is 0.312 e. The van der Waals surface area contributed by atoms with Gasteiger partial charge in [-0.3, -0.25) is 4.79 Å². The normalized spacial score (nSPS) is 26.0. The Hall–Kier alpha value is -0.650. The quantitative estimate of drug-likeness (QED) is 0.626. The molecule has 0 aromatic heterocycles. The summed E-state index contributed by atoms with van der Waals surface area (Å²) in [6, 6.07) is 0. The van der Waals surface area contributed by atoms with Crippen molar-refractivity contribution in [1.29, 1.82) is 0 Å². The molecule has 0 spiro atoms. The van der Waals surface area contributed by atoms with E-state index in [4.69, 9.17) is 9.47 Å². The van der Waals surface area contributed by atoms with Gasteiger partial charge in [0.25, 0.3) is 0 Å². The summed E-state index contributed by atoms with van der Waals surface area (Å²) in [5.74, 6) is -0.886. The first kappa shape index (κ1) is 14.4. The highest BCUT2D eigenvalue weighted by Gasteiger charge is 2.43. The van der Waals surface area contributed by atoms with Crippen molar-refractivity contribution in [3.63, 3.8) is 0 Å². The van der Waals surface area contributed by atoms with Gasteiger partial charge in [-0.15, -0.1) is 0 Å². The minimum atomic E-state index is -0.923. The second-order valence-electron chi connectivity index (χ2n) is 4.67. The number of carboxylic acid groups (broad SMARTS) is 1. The Balaban J connectivity index is 2.32. The van der Waals surface area contributed by atoms with Crippen molar-refractivity contribution < 1.29 is 24.5 Å². The molecule has 1 fully saturated rings. The van der Waals surface area contributed by atoms with Gasteiger partial charge in [0.05, 0.1) is 24.7 Å². The molecule has 0 aliphatic carbocycles. The largest absolute Gasteiger partial charge is 0.481 e. The summed E-state index contributed by atoms with van der Waals surface area (Å²) in [5, 5.41) is 19.0. The monoisotopic (exact) mass is 246 g/mol. The molecular formula is C12H22O5. The Kier molecular flexibility index (Phi) is 5.88. The van der Waals surface area contributed by atoms with Crippen LogP contribution in [0.25, 0.3) is 0 Å². The Bertz CT molecular complexity index is 235. The van der Waals surface area contributed by atoms with Crippen LogP contribution in [-0.2, 0) is 14.3 Å². The summed E-state index contributed by atoms with van der Waals surface area (Å²) >= 11 is 0. The number of hydrogen-bond acceptors (Lipinski definition) is 4. The van der Waals surface area contributed by atoms with Gasteiger partial charge in [-0.25, -0.2) is 0 Å². The van der Waals surface area contributed by atoms with E-state index in [2.05, 4.69) is 6.92 Å². The van der Waals surface area contributed by atoms with Crippen molar-refractivity contribution in [2.75, 3.05) is 26.4 Å². The van der Waals surface area contributed by atoms with E-state index in [1.807, 2.05) is 0 Å². The standard InChI is InChI=1S/C12H22O5/c1-2-3-5-16-8-10(13)7-12(11(14)15)4-6-17-9-12/h10,13H,2-9H2,1H3,(H,14,15). The molecule has 0 amide bonds. The number of rotatable bonds is 8. The highest BCUT2D eigenvalue weighted by Crippen LogP contribution is 2.34. The summed E-state index contributed by atoms with van der Waals surface area (Å²) in [4.78, 5) is 11.2. The van der Waals surface area contributed by atoms with Gasteiger partial charge in [0, 0.05) is 13.2 Å². The highest BCUT2D eigenvalue weighted by atomic mass is 16.5. The molecule has 0 saturated carbocycles. The van der Waals surface area contributed by atoms with Gasteiger partial charge in [-0.05, 0) is 19.3 Å². The minimum Gasteiger partial charge on any atom is -0.481 e. The van der Waals surface area contributed by atoms with Crippen LogP contribution in [0.15, 0.2) is 0 Å². The lowest BCUT2D eigenvalue weighted by atomic mass is 9.82. The van der Waals surface area contributed by atoms with Crippen LogP contribution in [0.1, 0.15) is 32.6 Å². The molecule has 0 radical (unpaired) electrons. The number of aliphatic hydroxyl groups is 1. The number of carboxylic acids is 1. The highest BCUT2D eigenvalue weighted by molar-refractivity contribution is 5.75. The van der Waals surface area contributed by atoms with E-state index in [1.165, 1.54) is 0 Å². The molecule has 2 N–H and O–H groups in total. The lowest BCUT2D eigenvalue weighted by molar-refractivity contribution is -0.151. The van der Waals surface area contributed by atoms with Gasteiger partial charge < -0.3 is 19.7 Å². The Morgan fingerprint density at radius 2 is 2.35 bits per heavy atom. The van der Waals surface area contributed by atoms with Crippen molar-refractivity contribution in [2.24, 2.45) is 5.41 Å². The number of carbonyl (C=O) groups is 1. The van der Waals surface area contributed by atoms with Crippen molar-refractivity contribution in [3.8, 4) is 0 Å². The lowest BCUT2D eigenvalue weighted by Crippen LogP contribution is -2.36. The van der Waals surface area contributed by atoms with Crippen LogP contribution < -0.4 is 0 Å². The average Bonchev–Trinajstić information content (AvgIpc) is 2.74. The van der Waals surface area contributed by atoms with Crippen LogP contribution >= 0.6 is 0 Å². The number of ether oxygens (including phenoxy) is 2. The first-order valence-electron chi connectivity index (χ1n) is 6.17. The average molecular weight is 246 g/mol. The molecule has 1 heterocycles. The van der Waals surface area contributed by atoms with Gasteiger partial charge >= 0.3 is 5.97 Å². The van der Waals surface area contributed by atoms with E-state index >= 15 is 0 Å². The van der Waals surface area contributed by atoms with Crippen LogP contribution in [0, 0.1) is 5.41 Å². The van der Waals surface area contributed by atoms with Crippen molar-refractivity contribution in [1.82, 2.24) is 0 Å².